The largest absolute Gasteiger partial charge is 0.370 e. The maximum atomic E-state index is 13.0. The Balaban J connectivity index is 1.91. The Labute approximate surface area is 116 Å². The summed E-state index contributed by atoms with van der Waals surface area (Å²) in [5.41, 5.74) is 6.24. The molecule has 110 valence electrons. The Morgan fingerprint density at radius 3 is 2.30 bits per heavy atom. The molecule has 0 radical (unpaired) electrons. The van der Waals surface area contributed by atoms with Crippen LogP contribution in [0.5, 0.6) is 0 Å². The summed E-state index contributed by atoms with van der Waals surface area (Å²) in [5, 5.41) is 0. The van der Waals surface area contributed by atoms with Crippen molar-refractivity contribution in [1.29, 1.82) is 0 Å². The molecule has 0 unspecified atom stereocenters. The van der Waals surface area contributed by atoms with E-state index < -0.39 is 17.5 Å². The number of guanidine groups is 1. The first-order valence-corrected chi connectivity index (χ1v) is 6.76. The molecule has 6 heteroatoms. The molecular formula is C14H18F3N3. The number of nitrogens with two attached hydrogens (primary N) is 1. The number of benzene rings is 1. The topological polar surface area (TPSA) is 41.6 Å². The van der Waals surface area contributed by atoms with Crippen LogP contribution in [0.1, 0.15) is 24.8 Å². The average molecular weight is 285 g/mol. The van der Waals surface area contributed by atoms with Crippen molar-refractivity contribution < 1.29 is 13.2 Å². The van der Waals surface area contributed by atoms with Gasteiger partial charge in [0.25, 0.3) is 0 Å². The number of nitrogens with zero attached hydrogens (tertiary/aromatic N) is 2. The van der Waals surface area contributed by atoms with Crippen LogP contribution in [-0.4, -0.2) is 30.5 Å². The standard InChI is InChI=1S/C14H18F3N3/c15-11-8-10(9-12(16)13(11)17)4-5-19-14(18)20-6-2-1-3-7-20/h8-9H,1-7H2,(H2,18,19). The van der Waals surface area contributed by atoms with Crippen molar-refractivity contribution in [2.45, 2.75) is 25.7 Å². The summed E-state index contributed by atoms with van der Waals surface area (Å²) in [5.74, 6) is -3.32. The quantitative estimate of drug-likeness (QED) is 0.526. The number of aliphatic imine (C=N–C) groups is 1. The van der Waals surface area contributed by atoms with E-state index in [1.807, 2.05) is 4.90 Å². The van der Waals surface area contributed by atoms with E-state index in [-0.39, 0.29) is 0 Å². The predicted molar refractivity (Wildman–Crippen MR) is 71.9 cm³/mol. The second-order valence-corrected chi connectivity index (χ2v) is 4.91. The molecule has 1 heterocycles. The Bertz CT molecular complexity index is 473. The van der Waals surface area contributed by atoms with E-state index in [4.69, 9.17) is 5.73 Å². The highest BCUT2D eigenvalue weighted by Crippen LogP contribution is 2.14. The van der Waals surface area contributed by atoms with Gasteiger partial charge < -0.3 is 10.6 Å². The Morgan fingerprint density at radius 1 is 1.10 bits per heavy atom. The van der Waals surface area contributed by atoms with Crippen molar-refractivity contribution in [3.8, 4) is 0 Å². The van der Waals surface area contributed by atoms with E-state index in [1.165, 1.54) is 6.42 Å². The van der Waals surface area contributed by atoms with Crippen LogP contribution in [-0.2, 0) is 6.42 Å². The molecule has 1 aromatic rings. The van der Waals surface area contributed by atoms with Gasteiger partial charge >= 0.3 is 0 Å². The Morgan fingerprint density at radius 2 is 1.70 bits per heavy atom. The molecule has 2 rings (SSSR count). The summed E-state index contributed by atoms with van der Waals surface area (Å²) in [6, 6.07) is 1.98. The van der Waals surface area contributed by atoms with Gasteiger partial charge in [-0.05, 0) is 43.4 Å². The lowest BCUT2D eigenvalue weighted by molar-refractivity contribution is 0.338. The molecule has 1 saturated heterocycles. The highest BCUT2D eigenvalue weighted by Gasteiger charge is 2.12. The summed E-state index contributed by atoms with van der Waals surface area (Å²) in [7, 11) is 0. The maximum Gasteiger partial charge on any atom is 0.194 e. The molecule has 1 aliphatic heterocycles. The van der Waals surface area contributed by atoms with E-state index in [9.17, 15) is 13.2 Å². The summed E-state index contributed by atoms with van der Waals surface area (Å²) in [6.07, 6.45) is 3.73. The van der Waals surface area contributed by atoms with E-state index in [2.05, 4.69) is 4.99 Å². The maximum absolute atomic E-state index is 13.0. The van der Waals surface area contributed by atoms with Crippen molar-refractivity contribution in [3.05, 3.63) is 35.1 Å². The molecule has 0 bridgehead atoms. The molecule has 1 aliphatic rings. The minimum absolute atomic E-state index is 0.322. The SMILES string of the molecule is NC(=NCCc1cc(F)c(F)c(F)c1)N1CCCCC1. The first-order valence-electron chi connectivity index (χ1n) is 6.76. The number of hydrogen-bond donors (Lipinski definition) is 1. The predicted octanol–water partition coefficient (Wildman–Crippen LogP) is 2.45. The lowest BCUT2D eigenvalue weighted by atomic mass is 10.1. The van der Waals surface area contributed by atoms with E-state index >= 15 is 0 Å². The molecule has 2 N–H and O–H groups in total. The molecule has 1 fully saturated rings. The van der Waals surface area contributed by atoms with Crippen molar-refractivity contribution >= 4 is 5.96 Å². The third-order valence-corrected chi connectivity index (χ3v) is 3.40. The molecule has 0 amide bonds. The molecule has 0 aromatic heterocycles. The normalized spacial score (nSPS) is 16.6. The number of likely N-dealkylation sites (tertiary alicyclic amines) is 1. The second-order valence-electron chi connectivity index (χ2n) is 4.91. The Hall–Kier alpha value is -1.72. The smallest absolute Gasteiger partial charge is 0.194 e. The zero-order valence-corrected chi connectivity index (χ0v) is 11.2. The van der Waals surface area contributed by atoms with Gasteiger partial charge in [0.15, 0.2) is 23.4 Å². The third-order valence-electron chi connectivity index (χ3n) is 3.40. The summed E-state index contributed by atoms with van der Waals surface area (Å²) in [4.78, 5) is 6.22. The average Bonchev–Trinajstić information content (AvgIpc) is 2.45. The molecule has 1 aromatic carbocycles. The van der Waals surface area contributed by atoms with Gasteiger partial charge in [0.1, 0.15) is 0 Å². The molecule has 0 saturated carbocycles. The van der Waals surface area contributed by atoms with Crippen molar-refractivity contribution in [2.24, 2.45) is 10.7 Å². The van der Waals surface area contributed by atoms with Crippen LogP contribution >= 0.6 is 0 Å². The lowest BCUT2D eigenvalue weighted by Gasteiger charge is -2.27. The summed E-state index contributed by atoms with van der Waals surface area (Å²) < 4.78 is 38.9. The van der Waals surface area contributed by atoms with Crippen molar-refractivity contribution in [1.82, 2.24) is 4.90 Å². The van der Waals surface area contributed by atoms with Crippen LogP contribution in [0, 0.1) is 17.5 Å². The van der Waals surface area contributed by atoms with Gasteiger partial charge in [0, 0.05) is 19.6 Å². The molecular weight excluding hydrogens is 267 g/mol. The van der Waals surface area contributed by atoms with E-state index in [0.717, 1.165) is 38.1 Å². The zero-order valence-electron chi connectivity index (χ0n) is 11.2. The molecule has 20 heavy (non-hydrogen) atoms. The molecule has 0 spiro atoms. The van der Waals surface area contributed by atoms with Crippen molar-refractivity contribution in [2.75, 3.05) is 19.6 Å². The summed E-state index contributed by atoms with van der Waals surface area (Å²) >= 11 is 0. The number of rotatable bonds is 3. The van der Waals surface area contributed by atoms with E-state index in [0.29, 0.717) is 24.5 Å². The van der Waals surface area contributed by atoms with Crippen LogP contribution in [0.25, 0.3) is 0 Å². The first-order chi connectivity index (χ1) is 9.58. The van der Waals surface area contributed by atoms with Crippen molar-refractivity contribution in [3.63, 3.8) is 0 Å². The fraction of sp³-hybridized carbons (Fsp3) is 0.500. The summed E-state index contributed by atoms with van der Waals surface area (Å²) in [6.45, 7) is 2.12. The molecule has 0 aliphatic carbocycles. The van der Waals surface area contributed by atoms with Gasteiger partial charge in [-0.25, -0.2) is 13.2 Å². The first kappa shape index (κ1) is 14.7. The highest BCUT2D eigenvalue weighted by atomic mass is 19.2. The monoisotopic (exact) mass is 285 g/mol. The Kier molecular flexibility index (Phi) is 4.87. The fourth-order valence-electron chi connectivity index (χ4n) is 2.27. The highest BCUT2D eigenvalue weighted by molar-refractivity contribution is 5.78. The van der Waals surface area contributed by atoms with Crippen LogP contribution < -0.4 is 5.73 Å². The fourth-order valence-corrected chi connectivity index (χ4v) is 2.27. The molecule has 0 atom stereocenters. The second kappa shape index (κ2) is 6.63. The lowest BCUT2D eigenvalue weighted by Crippen LogP contribution is -2.41. The van der Waals surface area contributed by atoms with E-state index in [1.54, 1.807) is 0 Å². The number of halogens is 3. The van der Waals surface area contributed by atoms with Crippen LogP contribution in [0.4, 0.5) is 13.2 Å². The van der Waals surface area contributed by atoms with Gasteiger partial charge in [-0.3, -0.25) is 4.99 Å². The zero-order chi connectivity index (χ0) is 14.5. The van der Waals surface area contributed by atoms with Gasteiger partial charge in [0.05, 0.1) is 0 Å². The minimum Gasteiger partial charge on any atom is -0.370 e. The molecule has 3 nitrogen and oxygen atoms in total. The van der Waals surface area contributed by atoms with Gasteiger partial charge in [-0.1, -0.05) is 0 Å². The van der Waals surface area contributed by atoms with Crippen LogP contribution in [0.15, 0.2) is 17.1 Å². The third kappa shape index (κ3) is 3.65. The number of piperidine rings is 1. The van der Waals surface area contributed by atoms with Gasteiger partial charge in [0.2, 0.25) is 0 Å². The van der Waals surface area contributed by atoms with Gasteiger partial charge in [-0.15, -0.1) is 0 Å². The minimum atomic E-state index is -1.44. The van der Waals surface area contributed by atoms with Crippen LogP contribution in [0.2, 0.25) is 0 Å². The number of hydrogen-bond acceptors (Lipinski definition) is 1. The van der Waals surface area contributed by atoms with Gasteiger partial charge in [-0.2, -0.15) is 0 Å². The van der Waals surface area contributed by atoms with Crippen LogP contribution in [0.3, 0.4) is 0 Å².